The van der Waals surface area contributed by atoms with Crippen LogP contribution in [0.3, 0.4) is 0 Å². The summed E-state index contributed by atoms with van der Waals surface area (Å²) in [6, 6.07) is 3.80. The van der Waals surface area contributed by atoms with Gasteiger partial charge in [-0.3, -0.25) is 4.98 Å². The van der Waals surface area contributed by atoms with E-state index in [4.69, 9.17) is 0 Å². The van der Waals surface area contributed by atoms with Gasteiger partial charge in [-0.25, -0.2) is 4.39 Å². The van der Waals surface area contributed by atoms with Crippen LogP contribution < -0.4 is 4.74 Å². The number of alkyl halides is 5. The van der Waals surface area contributed by atoms with E-state index in [1.165, 1.54) is 6.07 Å². The number of halogens is 6. The average Bonchev–Trinajstić information content (AvgIpc) is 2.40. The topological polar surface area (TPSA) is 22.1 Å². The Hall–Kier alpha value is -2.25. The van der Waals surface area contributed by atoms with Crippen molar-refractivity contribution in [2.75, 3.05) is 0 Å². The molecule has 0 bridgehead atoms. The molecule has 0 radical (unpaired) electrons. The van der Waals surface area contributed by atoms with E-state index in [-0.39, 0.29) is 11.1 Å². The maximum absolute atomic E-state index is 13.5. The Balaban J connectivity index is 2.54. The summed E-state index contributed by atoms with van der Waals surface area (Å²) < 4.78 is 80.0. The highest BCUT2D eigenvalue weighted by Gasteiger charge is 2.30. The summed E-state index contributed by atoms with van der Waals surface area (Å²) in [4.78, 5) is 3.44. The molecule has 0 amide bonds. The predicted molar refractivity (Wildman–Crippen MR) is 61.3 cm³/mol. The zero-order valence-electron chi connectivity index (χ0n) is 10.2. The lowest BCUT2D eigenvalue weighted by Crippen LogP contribution is -2.07. The minimum Gasteiger partial charge on any atom is -0.431 e. The highest BCUT2D eigenvalue weighted by Crippen LogP contribution is 2.36. The monoisotopic (exact) mass is 307 g/mol. The number of aromatic nitrogens is 1. The van der Waals surface area contributed by atoms with Gasteiger partial charge in [0.2, 0.25) is 0 Å². The van der Waals surface area contributed by atoms with Gasteiger partial charge < -0.3 is 4.74 Å². The highest BCUT2D eigenvalue weighted by molar-refractivity contribution is 5.70. The van der Waals surface area contributed by atoms with Gasteiger partial charge >= 0.3 is 12.8 Å². The molecule has 0 aliphatic rings. The standard InChI is InChI=1S/C13H7F6NO/c14-10-6-20-5-9(11(10)21-12(15)16)7-2-1-3-8(4-7)13(17,18)19/h1-6,12H. The molecule has 2 nitrogen and oxygen atoms in total. The van der Waals surface area contributed by atoms with Gasteiger partial charge in [0, 0.05) is 11.8 Å². The first-order chi connectivity index (χ1) is 9.79. The molecular weight excluding hydrogens is 300 g/mol. The molecule has 0 N–H and O–H groups in total. The van der Waals surface area contributed by atoms with Crippen molar-refractivity contribution >= 4 is 0 Å². The number of benzene rings is 1. The molecule has 1 heterocycles. The molecule has 0 unspecified atom stereocenters. The SMILES string of the molecule is Fc1cncc(-c2cccc(C(F)(F)F)c2)c1OC(F)F. The van der Waals surface area contributed by atoms with Gasteiger partial charge in [0.25, 0.3) is 0 Å². The van der Waals surface area contributed by atoms with Crippen LogP contribution in [0.1, 0.15) is 5.56 Å². The third-order valence-electron chi connectivity index (χ3n) is 2.56. The second kappa shape index (κ2) is 5.63. The van der Waals surface area contributed by atoms with Gasteiger partial charge in [0.1, 0.15) is 0 Å². The number of pyridine rings is 1. The fourth-order valence-electron chi connectivity index (χ4n) is 1.70. The average molecular weight is 307 g/mol. The maximum atomic E-state index is 13.5. The fourth-order valence-corrected chi connectivity index (χ4v) is 1.70. The van der Waals surface area contributed by atoms with E-state index in [2.05, 4.69) is 9.72 Å². The molecule has 0 saturated heterocycles. The Morgan fingerprint density at radius 1 is 1.10 bits per heavy atom. The summed E-state index contributed by atoms with van der Waals surface area (Å²) in [5.41, 5.74) is -1.42. The van der Waals surface area contributed by atoms with Crippen molar-refractivity contribution in [3.63, 3.8) is 0 Å². The van der Waals surface area contributed by atoms with E-state index in [9.17, 15) is 26.3 Å². The first-order valence-electron chi connectivity index (χ1n) is 5.55. The molecule has 21 heavy (non-hydrogen) atoms. The molecule has 0 saturated carbocycles. The van der Waals surface area contributed by atoms with E-state index in [0.717, 1.165) is 18.3 Å². The van der Waals surface area contributed by atoms with Crippen LogP contribution in [-0.2, 0) is 6.18 Å². The molecule has 0 atom stereocenters. The third-order valence-corrected chi connectivity index (χ3v) is 2.56. The molecule has 1 aromatic carbocycles. The molecule has 2 aromatic rings. The second-order valence-corrected chi connectivity index (χ2v) is 3.96. The zero-order valence-corrected chi connectivity index (χ0v) is 10.2. The summed E-state index contributed by atoms with van der Waals surface area (Å²) in [5.74, 6) is -2.04. The van der Waals surface area contributed by atoms with Gasteiger partial charge in [0.15, 0.2) is 11.6 Å². The van der Waals surface area contributed by atoms with Crippen molar-refractivity contribution in [3.05, 3.63) is 48.0 Å². The highest BCUT2D eigenvalue weighted by atomic mass is 19.4. The lowest BCUT2D eigenvalue weighted by Gasteiger charge is -2.13. The minimum absolute atomic E-state index is 0.132. The zero-order chi connectivity index (χ0) is 15.6. The van der Waals surface area contributed by atoms with E-state index in [1.54, 1.807) is 0 Å². The van der Waals surface area contributed by atoms with Crippen LogP contribution in [0.25, 0.3) is 11.1 Å². The molecule has 0 aliphatic heterocycles. The fraction of sp³-hybridized carbons (Fsp3) is 0.154. The van der Waals surface area contributed by atoms with Crippen LogP contribution in [0.15, 0.2) is 36.7 Å². The van der Waals surface area contributed by atoms with Gasteiger partial charge in [-0.15, -0.1) is 0 Å². The number of ether oxygens (including phenoxy) is 1. The van der Waals surface area contributed by atoms with E-state index in [0.29, 0.717) is 12.3 Å². The van der Waals surface area contributed by atoms with Crippen LogP contribution >= 0.6 is 0 Å². The minimum atomic E-state index is -4.61. The molecule has 8 heteroatoms. The smallest absolute Gasteiger partial charge is 0.416 e. The molecule has 0 fully saturated rings. The Morgan fingerprint density at radius 2 is 1.81 bits per heavy atom. The Morgan fingerprint density at radius 3 is 2.43 bits per heavy atom. The number of hydrogen-bond donors (Lipinski definition) is 0. The quantitative estimate of drug-likeness (QED) is 0.778. The third kappa shape index (κ3) is 3.45. The summed E-state index contributed by atoms with van der Waals surface area (Å²) in [7, 11) is 0. The van der Waals surface area contributed by atoms with E-state index < -0.39 is 29.9 Å². The van der Waals surface area contributed by atoms with Crippen molar-refractivity contribution in [2.24, 2.45) is 0 Å². The van der Waals surface area contributed by atoms with E-state index >= 15 is 0 Å². The first-order valence-corrected chi connectivity index (χ1v) is 5.55. The van der Waals surface area contributed by atoms with Crippen molar-refractivity contribution in [1.82, 2.24) is 4.98 Å². The van der Waals surface area contributed by atoms with Crippen LogP contribution in [-0.4, -0.2) is 11.6 Å². The van der Waals surface area contributed by atoms with Crippen molar-refractivity contribution in [2.45, 2.75) is 12.8 Å². The predicted octanol–water partition coefficient (Wildman–Crippen LogP) is 4.51. The molecule has 1 aromatic heterocycles. The van der Waals surface area contributed by atoms with Gasteiger partial charge in [-0.2, -0.15) is 22.0 Å². The van der Waals surface area contributed by atoms with Crippen LogP contribution in [0, 0.1) is 5.82 Å². The van der Waals surface area contributed by atoms with Crippen molar-refractivity contribution in [3.8, 4) is 16.9 Å². The molecular formula is C13H7F6NO. The summed E-state index contributed by atoms with van der Waals surface area (Å²) >= 11 is 0. The first kappa shape index (κ1) is 15.1. The van der Waals surface area contributed by atoms with E-state index in [1.807, 2.05) is 0 Å². The largest absolute Gasteiger partial charge is 0.431 e. The lowest BCUT2D eigenvalue weighted by atomic mass is 10.0. The van der Waals surface area contributed by atoms with Crippen LogP contribution in [0.4, 0.5) is 26.3 Å². The second-order valence-electron chi connectivity index (χ2n) is 3.96. The van der Waals surface area contributed by atoms with Crippen LogP contribution in [0.2, 0.25) is 0 Å². The molecule has 0 aliphatic carbocycles. The summed E-state index contributed by atoms with van der Waals surface area (Å²) in [5, 5.41) is 0. The number of hydrogen-bond acceptors (Lipinski definition) is 2. The van der Waals surface area contributed by atoms with Gasteiger partial charge in [-0.1, -0.05) is 12.1 Å². The summed E-state index contributed by atoms with van der Waals surface area (Å²) in [6.07, 6.45) is -3.02. The number of rotatable bonds is 3. The lowest BCUT2D eigenvalue weighted by molar-refractivity contribution is -0.137. The number of nitrogens with zero attached hydrogens (tertiary/aromatic N) is 1. The Kier molecular flexibility index (Phi) is 4.06. The van der Waals surface area contributed by atoms with Crippen molar-refractivity contribution in [1.29, 1.82) is 0 Å². The normalized spacial score (nSPS) is 11.8. The molecule has 112 valence electrons. The Bertz CT molecular complexity index is 641. The molecule has 0 spiro atoms. The molecule has 2 rings (SSSR count). The van der Waals surface area contributed by atoms with Gasteiger partial charge in [0.05, 0.1) is 11.8 Å². The van der Waals surface area contributed by atoms with Crippen LogP contribution in [0.5, 0.6) is 5.75 Å². The van der Waals surface area contributed by atoms with Gasteiger partial charge in [-0.05, 0) is 17.7 Å². The van der Waals surface area contributed by atoms with Crippen molar-refractivity contribution < 1.29 is 31.1 Å². The Labute approximate surface area is 115 Å². The summed E-state index contributed by atoms with van der Waals surface area (Å²) in [6.45, 7) is -3.31. The maximum Gasteiger partial charge on any atom is 0.416 e.